The second-order valence-corrected chi connectivity index (χ2v) is 5.01. The smallest absolute Gasteiger partial charge is 0.0706 e. The predicted octanol–water partition coefficient (Wildman–Crippen LogP) is 3.67. The van der Waals surface area contributed by atoms with Gasteiger partial charge in [0.2, 0.25) is 0 Å². The lowest BCUT2D eigenvalue weighted by atomic mass is 10.0. The minimum atomic E-state index is 0.0574. The molecular weight excluding hydrogens is 208 g/mol. The Morgan fingerprint density at radius 1 is 1.06 bits per heavy atom. The first kappa shape index (κ1) is 12.1. The van der Waals surface area contributed by atoms with Gasteiger partial charge in [0.1, 0.15) is 0 Å². The Morgan fingerprint density at radius 2 is 1.82 bits per heavy atom. The molecule has 0 unspecified atom stereocenters. The van der Waals surface area contributed by atoms with Crippen LogP contribution in [0.1, 0.15) is 38.4 Å². The normalized spacial score (nSPS) is 13.2. The topological polar surface area (TPSA) is 38.9 Å². The van der Waals surface area contributed by atoms with Crippen LogP contribution in [0.2, 0.25) is 0 Å². The van der Waals surface area contributed by atoms with E-state index in [1.807, 2.05) is 24.3 Å². The van der Waals surface area contributed by atoms with Gasteiger partial charge in [-0.05, 0) is 30.9 Å². The molecule has 0 aliphatic rings. The molecule has 0 aliphatic carbocycles. The second-order valence-electron chi connectivity index (χ2n) is 5.01. The van der Waals surface area contributed by atoms with Crippen molar-refractivity contribution in [1.82, 2.24) is 4.98 Å². The molecule has 2 aromatic rings. The van der Waals surface area contributed by atoms with Crippen molar-refractivity contribution in [2.45, 2.75) is 32.7 Å². The molecule has 0 spiro atoms. The van der Waals surface area contributed by atoms with Crippen molar-refractivity contribution < 1.29 is 0 Å². The lowest BCUT2D eigenvalue weighted by Gasteiger charge is -2.13. The summed E-state index contributed by atoms with van der Waals surface area (Å²) in [6.45, 7) is 4.45. The standard InChI is InChI=1S/C15H20N2/c1-11(2)7-9-13(16)15-10-8-12-5-3-4-6-14(12)17-15/h3-6,8,10-11,13H,7,9,16H2,1-2H3/t13-/m1/s1. The van der Waals surface area contributed by atoms with E-state index < -0.39 is 0 Å². The molecule has 90 valence electrons. The lowest BCUT2D eigenvalue weighted by Crippen LogP contribution is -2.12. The molecule has 2 N–H and O–H groups in total. The minimum absolute atomic E-state index is 0.0574. The number of rotatable bonds is 4. The first-order chi connectivity index (χ1) is 8.16. The van der Waals surface area contributed by atoms with E-state index >= 15 is 0 Å². The summed E-state index contributed by atoms with van der Waals surface area (Å²) in [6.07, 6.45) is 2.15. The second kappa shape index (κ2) is 5.28. The van der Waals surface area contributed by atoms with Gasteiger partial charge in [0.25, 0.3) is 0 Å². The summed E-state index contributed by atoms with van der Waals surface area (Å²) >= 11 is 0. The van der Waals surface area contributed by atoms with Gasteiger partial charge in [-0.25, -0.2) is 0 Å². The van der Waals surface area contributed by atoms with Crippen LogP contribution in [-0.2, 0) is 0 Å². The van der Waals surface area contributed by atoms with Crippen molar-refractivity contribution in [2.24, 2.45) is 11.7 Å². The summed E-state index contributed by atoms with van der Waals surface area (Å²) in [5.41, 5.74) is 8.21. The molecule has 0 saturated carbocycles. The van der Waals surface area contributed by atoms with Gasteiger partial charge in [-0.2, -0.15) is 0 Å². The maximum atomic E-state index is 6.17. The lowest BCUT2D eigenvalue weighted by molar-refractivity contribution is 0.502. The Balaban J connectivity index is 2.18. The zero-order valence-electron chi connectivity index (χ0n) is 10.6. The highest BCUT2D eigenvalue weighted by molar-refractivity contribution is 5.78. The van der Waals surface area contributed by atoms with Gasteiger partial charge in [-0.15, -0.1) is 0 Å². The minimum Gasteiger partial charge on any atom is -0.323 e. The van der Waals surface area contributed by atoms with E-state index in [-0.39, 0.29) is 6.04 Å². The van der Waals surface area contributed by atoms with Gasteiger partial charge in [-0.1, -0.05) is 38.1 Å². The van der Waals surface area contributed by atoms with Crippen molar-refractivity contribution in [3.63, 3.8) is 0 Å². The molecule has 1 aromatic carbocycles. The van der Waals surface area contributed by atoms with Crippen LogP contribution in [0.15, 0.2) is 36.4 Å². The summed E-state index contributed by atoms with van der Waals surface area (Å²) in [7, 11) is 0. The highest BCUT2D eigenvalue weighted by atomic mass is 14.8. The summed E-state index contributed by atoms with van der Waals surface area (Å²) in [5.74, 6) is 0.696. The Bertz CT molecular complexity index is 491. The van der Waals surface area contributed by atoms with Gasteiger partial charge < -0.3 is 5.73 Å². The van der Waals surface area contributed by atoms with Crippen LogP contribution in [0.3, 0.4) is 0 Å². The van der Waals surface area contributed by atoms with E-state index in [1.54, 1.807) is 0 Å². The Kier molecular flexibility index (Phi) is 3.75. The van der Waals surface area contributed by atoms with Crippen molar-refractivity contribution in [3.8, 4) is 0 Å². The molecule has 17 heavy (non-hydrogen) atoms. The molecular formula is C15H20N2. The monoisotopic (exact) mass is 228 g/mol. The van der Waals surface area contributed by atoms with Gasteiger partial charge in [0.05, 0.1) is 11.2 Å². The van der Waals surface area contributed by atoms with Gasteiger partial charge in [0.15, 0.2) is 0 Å². The van der Waals surface area contributed by atoms with Crippen LogP contribution in [0, 0.1) is 5.92 Å². The molecule has 0 radical (unpaired) electrons. The molecule has 0 bridgehead atoms. The number of fused-ring (bicyclic) bond motifs is 1. The van der Waals surface area contributed by atoms with Crippen LogP contribution in [-0.4, -0.2) is 4.98 Å². The molecule has 0 fully saturated rings. The first-order valence-corrected chi connectivity index (χ1v) is 6.28. The summed E-state index contributed by atoms with van der Waals surface area (Å²) in [5, 5.41) is 1.17. The van der Waals surface area contributed by atoms with Gasteiger partial charge in [0, 0.05) is 11.4 Å². The summed E-state index contributed by atoms with van der Waals surface area (Å²) in [6, 6.07) is 12.4. The van der Waals surface area contributed by atoms with E-state index in [1.165, 1.54) is 5.39 Å². The Hall–Kier alpha value is -1.41. The third-order valence-corrected chi connectivity index (χ3v) is 3.05. The summed E-state index contributed by atoms with van der Waals surface area (Å²) < 4.78 is 0. The first-order valence-electron chi connectivity index (χ1n) is 6.28. The average Bonchev–Trinajstić information content (AvgIpc) is 2.35. The number of pyridine rings is 1. The molecule has 0 amide bonds. The quantitative estimate of drug-likeness (QED) is 0.867. The third kappa shape index (κ3) is 3.04. The molecule has 2 heteroatoms. The van der Waals surface area contributed by atoms with Gasteiger partial charge >= 0.3 is 0 Å². The van der Waals surface area contributed by atoms with Crippen molar-refractivity contribution in [2.75, 3.05) is 0 Å². The van der Waals surface area contributed by atoms with E-state index in [0.717, 1.165) is 24.1 Å². The Labute approximate surface area is 103 Å². The zero-order chi connectivity index (χ0) is 12.3. The number of aromatic nitrogens is 1. The Morgan fingerprint density at radius 3 is 2.59 bits per heavy atom. The number of hydrogen-bond donors (Lipinski definition) is 1. The van der Waals surface area contributed by atoms with Gasteiger partial charge in [-0.3, -0.25) is 4.98 Å². The molecule has 0 saturated heterocycles. The fraction of sp³-hybridized carbons (Fsp3) is 0.400. The third-order valence-electron chi connectivity index (χ3n) is 3.05. The number of benzene rings is 1. The van der Waals surface area contributed by atoms with Crippen LogP contribution in [0.25, 0.3) is 10.9 Å². The maximum Gasteiger partial charge on any atom is 0.0706 e. The van der Waals surface area contributed by atoms with Crippen LogP contribution >= 0.6 is 0 Å². The van der Waals surface area contributed by atoms with Crippen LogP contribution in [0.5, 0.6) is 0 Å². The number of nitrogens with zero attached hydrogens (tertiary/aromatic N) is 1. The molecule has 0 aliphatic heterocycles. The number of para-hydroxylation sites is 1. The largest absolute Gasteiger partial charge is 0.323 e. The van der Waals surface area contributed by atoms with Crippen LogP contribution < -0.4 is 5.73 Å². The number of nitrogens with two attached hydrogens (primary N) is 1. The maximum absolute atomic E-state index is 6.17. The average molecular weight is 228 g/mol. The predicted molar refractivity (Wildman–Crippen MR) is 72.7 cm³/mol. The van der Waals surface area contributed by atoms with E-state index in [4.69, 9.17) is 5.73 Å². The van der Waals surface area contributed by atoms with E-state index in [0.29, 0.717) is 5.92 Å². The fourth-order valence-electron chi connectivity index (χ4n) is 1.95. The zero-order valence-corrected chi connectivity index (χ0v) is 10.6. The highest BCUT2D eigenvalue weighted by Gasteiger charge is 2.08. The highest BCUT2D eigenvalue weighted by Crippen LogP contribution is 2.19. The fourth-order valence-corrected chi connectivity index (χ4v) is 1.95. The molecule has 1 heterocycles. The van der Waals surface area contributed by atoms with Crippen molar-refractivity contribution in [1.29, 1.82) is 0 Å². The SMILES string of the molecule is CC(C)CC[C@@H](N)c1ccc2ccccc2n1. The van der Waals surface area contributed by atoms with Crippen molar-refractivity contribution in [3.05, 3.63) is 42.1 Å². The molecule has 2 rings (SSSR count). The molecule has 1 atom stereocenters. The number of hydrogen-bond acceptors (Lipinski definition) is 2. The van der Waals surface area contributed by atoms with Crippen LogP contribution in [0.4, 0.5) is 0 Å². The van der Waals surface area contributed by atoms with E-state index in [9.17, 15) is 0 Å². The summed E-state index contributed by atoms with van der Waals surface area (Å²) in [4.78, 5) is 4.63. The molecule has 1 aromatic heterocycles. The van der Waals surface area contributed by atoms with Crippen molar-refractivity contribution >= 4 is 10.9 Å². The van der Waals surface area contributed by atoms with E-state index in [2.05, 4.69) is 31.0 Å². The molecule has 2 nitrogen and oxygen atoms in total.